The lowest BCUT2D eigenvalue weighted by Gasteiger charge is -2.47. The first kappa shape index (κ1) is 23.8. The zero-order valence-corrected chi connectivity index (χ0v) is 21.7. The van der Waals surface area contributed by atoms with Crippen LogP contribution in [0.25, 0.3) is 0 Å². The SMILES string of the molecule is COc1cccc2c1OCC[C@]21C[NH2+]CC1C(=O)N1CC[C@@H](c2ccccc2)C[C@H]1C1CCCCC1. The highest BCUT2D eigenvalue weighted by Gasteiger charge is 2.56. The average Bonchev–Trinajstić information content (AvgIpc) is 3.37. The van der Waals surface area contributed by atoms with Crippen molar-refractivity contribution < 1.29 is 19.6 Å². The summed E-state index contributed by atoms with van der Waals surface area (Å²) >= 11 is 0. The Labute approximate surface area is 215 Å². The lowest BCUT2D eigenvalue weighted by Crippen LogP contribution is -2.82. The van der Waals surface area contributed by atoms with E-state index >= 15 is 0 Å². The highest BCUT2D eigenvalue weighted by Crippen LogP contribution is 2.49. The van der Waals surface area contributed by atoms with Gasteiger partial charge in [-0.15, -0.1) is 0 Å². The minimum absolute atomic E-state index is 0.00776. The number of nitrogens with two attached hydrogens (primary N) is 1. The molecule has 2 saturated heterocycles. The van der Waals surface area contributed by atoms with Crippen LogP contribution in [0, 0.1) is 11.8 Å². The van der Waals surface area contributed by atoms with Gasteiger partial charge in [-0.05, 0) is 55.6 Å². The van der Waals surface area contributed by atoms with Crippen molar-refractivity contribution in [1.29, 1.82) is 0 Å². The molecule has 1 amide bonds. The number of nitrogens with zero attached hydrogens (tertiary/aromatic N) is 1. The molecule has 2 aromatic rings. The summed E-state index contributed by atoms with van der Waals surface area (Å²) in [7, 11) is 1.70. The van der Waals surface area contributed by atoms with Gasteiger partial charge in [-0.1, -0.05) is 61.7 Å². The Morgan fingerprint density at radius 3 is 2.69 bits per heavy atom. The van der Waals surface area contributed by atoms with Crippen LogP contribution >= 0.6 is 0 Å². The summed E-state index contributed by atoms with van der Waals surface area (Å²) < 4.78 is 11.8. The average molecular weight is 490 g/mol. The summed E-state index contributed by atoms with van der Waals surface area (Å²) in [6.45, 7) is 3.34. The van der Waals surface area contributed by atoms with Crippen molar-refractivity contribution in [2.45, 2.75) is 68.7 Å². The number of rotatable bonds is 4. The molecule has 6 rings (SSSR count). The molecule has 5 nitrogen and oxygen atoms in total. The van der Waals surface area contributed by atoms with Gasteiger partial charge < -0.3 is 19.7 Å². The Hall–Kier alpha value is -2.53. The molecule has 192 valence electrons. The molecule has 3 aliphatic heterocycles. The Bertz CT molecular complexity index is 1070. The fourth-order valence-electron chi connectivity index (χ4n) is 7.94. The van der Waals surface area contributed by atoms with Gasteiger partial charge in [0.05, 0.1) is 32.2 Å². The summed E-state index contributed by atoms with van der Waals surface area (Å²) in [6, 6.07) is 17.6. The normalized spacial score (nSPS) is 30.6. The van der Waals surface area contributed by atoms with Crippen molar-refractivity contribution in [3.8, 4) is 11.5 Å². The largest absolute Gasteiger partial charge is 0.493 e. The topological polar surface area (TPSA) is 55.4 Å². The molecule has 0 radical (unpaired) electrons. The van der Waals surface area contributed by atoms with Gasteiger partial charge >= 0.3 is 0 Å². The molecule has 1 spiro atoms. The Morgan fingerprint density at radius 1 is 1.06 bits per heavy atom. The van der Waals surface area contributed by atoms with E-state index in [0.717, 1.165) is 50.4 Å². The number of carbonyl (C=O) groups excluding carboxylic acids is 1. The molecule has 0 aromatic heterocycles. The number of hydrogen-bond donors (Lipinski definition) is 1. The van der Waals surface area contributed by atoms with Crippen LogP contribution in [0.1, 0.15) is 68.4 Å². The molecule has 4 aliphatic rings. The molecule has 0 bridgehead atoms. The summed E-state index contributed by atoms with van der Waals surface area (Å²) in [6.07, 6.45) is 9.58. The summed E-state index contributed by atoms with van der Waals surface area (Å²) in [5.74, 6) is 3.21. The molecule has 1 unspecified atom stereocenters. The number of hydrogen-bond acceptors (Lipinski definition) is 3. The van der Waals surface area contributed by atoms with E-state index in [-0.39, 0.29) is 11.3 Å². The molecule has 4 atom stereocenters. The van der Waals surface area contributed by atoms with Crippen LogP contribution in [0.15, 0.2) is 48.5 Å². The first-order chi connectivity index (χ1) is 17.7. The van der Waals surface area contributed by atoms with E-state index in [1.165, 1.54) is 43.2 Å². The molecule has 2 aromatic carbocycles. The number of quaternary nitrogens is 1. The molecule has 36 heavy (non-hydrogen) atoms. The number of ether oxygens (including phenoxy) is 2. The minimum atomic E-state index is -0.174. The molecular formula is C31H41N2O3+. The molecule has 3 fully saturated rings. The van der Waals surface area contributed by atoms with Crippen LogP contribution in [0.3, 0.4) is 0 Å². The number of piperidine rings is 1. The predicted molar refractivity (Wildman–Crippen MR) is 140 cm³/mol. The van der Waals surface area contributed by atoms with Gasteiger partial charge in [0.25, 0.3) is 0 Å². The van der Waals surface area contributed by atoms with Gasteiger partial charge in [-0.2, -0.15) is 0 Å². The van der Waals surface area contributed by atoms with E-state index in [1.807, 2.05) is 6.07 Å². The zero-order valence-electron chi connectivity index (χ0n) is 21.7. The van der Waals surface area contributed by atoms with E-state index < -0.39 is 0 Å². The van der Waals surface area contributed by atoms with Crippen molar-refractivity contribution in [2.75, 3.05) is 33.4 Å². The van der Waals surface area contributed by atoms with Crippen molar-refractivity contribution in [2.24, 2.45) is 11.8 Å². The number of fused-ring (bicyclic) bond motifs is 2. The third kappa shape index (κ3) is 4.09. The molecule has 5 heteroatoms. The van der Waals surface area contributed by atoms with Gasteiger partial charge in [0, 0.05) is 18.2 Å². The second kappa shape index (κ2) is 10.1. The van der Waals surface area contributed by atoms with E-state index in [9.17, 15) is 4.79 Å². The lowest BCUT2D eigenvalue weighted by atomic mass is 9.67. The number of likely N-dealkylation sites (tertiary alicyclic amines) is 1. The molecule has 3 heterocycles. The molecule has 1 aliphatic carbocycles. The fraction of sp³-hybridized carbons (Fsp3) is 0.581. The summed E-state index contributed by atoms with van der Waals surface area (Å²) in [4.78, 5) is 16.9. The van der Waals surface area contributed by atoms with Crippen LogP contribution < -0.4 is 14.8 Å². The van der Waals surface area contributed by atoms with E-state index in [0.29, 0.717) is 30.4 Å². The quantitative estimate of drug-likeness (QED) is 0.698. The first-order valence-corrected chi connectivity index (χ1v) is 14.2. The third-order valence-corrected chi connectivity index (χ3v) is 9.80. The van der Waals surface area contributed by atoms with E-state index in [1.54, 1.807) is 7.11 Å². The number of benzene rings is 2. The van der Waals surface area contributed by atoms with Crippen molar-refractivity contribution in [3.05, 3.63) is 59.7 Å². The highest BCUT2D eigenvalue weighted by molar-refractivity contribution is 5.82. The van der Waals surface area contributed by atoms with Gasteiger partial charge in [-0.3, -0.25) is 4.79 Å². The van der Waals surface area contributed by atoms with E-state index in [4.69, 9.17) is 9.47 Å². The fourth-order valence-corrected chi connectivity index (χ4v) is 7.94. The third-order valence-electron chi connectivity index (χ3n) is 9.80. The number of carbonyl (C=O) groups is 1. The maximum atomic E-state index is 14.6. The van der Waals surface area contributed by atoms with E-state index in [2.05, 4.69) is 52.7 Å². The summed E-state index contributed by atoms with van der Waals surface area (Å²) in [5, 5.41) is 2.36. The van der Waals surface area contributed by atoms with Crippen LogP contribution in [0.4, 0.5) is 0 Å². The maximum Gasteiger partial charge on any atom is 0.232 e. The predicted octanol–water partition coefficient (Wildman–Crippen LogP) is 4.26. The first-order valence-electron chi connectivity index (χ1n) is 14.2. The standard InChI is InChI=1S/C31H40N2O3/c1-35-28-14-8-13-25-29(28)36-18-16-31(25)21-32-20-26(31)30(34)33-17-15-24(22-9-4-2-5-10-22)19-27(33)23-11-6-3-7-12-23/h2,4-5,8-10,13-14,23-24,26-27,32H,3,6-7,11-12,15-21H2,1H3/p+1/t24-,26?,27+,31+/m1/s1. The maximum absolute atomic E-state index is 14.6. The van der Waals surface area contributed by atoms with Crippen LogP contribution in [-0.4, -0.2) is 50.2 Å². The van der Waals surface area contributed by atoms with Gasteiger partial charge in [0.15, 0.2) is 11.5 Å². The van der Waals surface area contributed by atoms with Gasteiger partial charge in [0.1, 0.15) is 5.92 Å². The van der Waals surface area contributed by atoms with Crippen LogP contribution in [-0.2, 0) is 10.2 Å². The second-order valence-electron chi connectivity index (χ2n) is 11.5. The molecular weight excluding hydrogens is 448 g/mol. The number of amides is 1. The van der Waals surface area contributed by atoms with Crippen molar-refractivity contribution in [1.82, 2.24) is 4.90 Å². The monoisotopic (exact) mass is 489 g/mol. The summed E-state index contributed by atoms with van der Waals surface area (Å²) in [5.41, 5.74) is 2.45. The Morgan fingerprint density at radius 2 is 1.89 bits per heavy atom. The van der Waals surface area contributed by atoms with Crippen LogP contribution in [0.5, 0.6) is 11.5 Å². The molecule has 2 N–H and O–H groups in total. The minimum Gasteiger partial charge on any atom is -0.493 e. The van der Waals surface area contributed by atoms with Crippen LogP contribution in [0.2, 0.25) is 0 Å². The Balaban J connectivity index is 1.31. The lowest BCUT2D eigenvalue weighted by molar-refractivity contribution is -0.640. The van der Waals surface area contributed by atoms with Gasteiger partial charge in [-0.25, -0.2) is 0 Å². The van der Waals surface area contributed by atoms with Gasteiger partial charge in [0.2, 0.25) is 5.91 Å². The highest BCUT2D eigenvalue weighted by atomic mass is 16.5. The van der Waals surface area contributed by atoms with Crippen molar-refractivity contribution in [3.63, 3.8) is 0 Å². The smallest absolute Gasteiger partial charge is 0.232 e. The number of methoxy groups -OCH3 is 1. The zero-order chi connectivity index (χ0) is 24.5. The Kier molecular flexibility index (Phi) is 6.68. The van der Waals surface area contributed by atoms with Crippen molar-refractivity contribution >= 4 is 5.91 Å². The second-order valence-corrected chi connectivity index (χ2v) is 11.5. The molecule has 1 saturated carbocycles. The number of para-hydroxylation sites is 1.